The van der Waals surface area contributed by atoms with Gasteiger partial charge in [-0.15, -0.1) is 0 Å². The zero-order valence-electron chi connectivity index (χ0n) is 18.4. The van der Waals surface area contributed by atoms with Crippen LogP contribution in [0.25, 0.3) is 0 Å². The summed E-state index contributed by atoms with van der Waals surface area (Å²) in [6, 6.07) is 16.1. The van der Waals surface area contributed by atoms with E-state index in [1.54, 1.807) is 0 Å². The lowest BCUT2D eigenvalue weighted by atomic mass is 10.0. The minimum atomic E-state index is -0.255. The molecule has 0 saturated carbocycles. The molecule has 3 nitrogen and oxygen atoms in total. The smallest absolute Gasteiger partial charge is 0.183 e. The maximum atomic E-state index is 5.95. The Kier molecular flexibility index (Phi) is 9.28. The van der Waals surface area contributed by atoms with Crippen LogP contribution in [0.3, 0.4) is 0 Å². The van der Waals surface area contributed by atoms with Crippen molar-refractivity contribution in [2.45, 2.75) is 58.7 Å². The van der Waals surface area contributed by atoms with E-state index in [1.807, 2.05) is 36.4 Å². The van der Waals surface area contributed by atoms with Crippen LogP contribution in [0, 0.1) is 17.8 Å². The van der Waals surface area contributed by atoms with Gasteiger partial charge < -0.3 is 14.2 Å². The topological polar surface area (TPSA) is 27.7 Å². The second-order valence-electron chi connectivity index (χ2n) is 7.96. The number of rotatable bonds is 9. The van der Waals surface area contributed by atoms with Gasteiger partial charge in [0.2, 0.25) is 0 Å². The maximum Gasteiger partial charge on any atom is 0.183 e. The number of hydrogen-bond acceptors (Lipinski definition) is 3. The van der Waals surface area contributed by atoms with Gasteiger partial charge in [-0.25, -0.2) is 0 Å². The van der Waals surface area contributed by atoms with E-state index in [1.165, 1.54) is 25.7 Å². The largest absolute Gasteiger partial charge is 0.494 e. The van der Waals surface area contributed by atoms with Crippen LogP contribution in [0.2, 0.25) is 0 Å². The van der Waals surface area contributed by atoms with Crippen LogP contribution in [0.1, 0.15) is 75.4 Å². The van der Waals surface area contributed by atoms with Crippen molar-refractivity contribution in [1.82, 2.24) is 0 Å². The summed E-state index contributed by atoms with van der Waals surface area (Å²) < 4.78 is 17.6. The van der Waals surface area contributed by atoms with E-state index in [-0.39, 0.29) is 6.29 Å². The average molecular weight is 407 g/mol. The van der Waals surface area contributed by atoms with E-state index in [2.05, 4.69) is 37.8 Å². The number of benzene rings is 2. The van der Waals surface area contributed by atoms with Gasteiger partial charge in [0, 0.05) is 22.6 Å². The molecule has 0 aliphatic carbocycles. The summed E-state index contributed by atoms with van der Waals surface area (Å²) in [5.74, 6) is 7.87. The third kappa shape index (κ3) is 7.20. The molecule has 0 bridgehead atoms. The summed E-state index contributed by atoms with van der Waals surface area (Å²) in [5.41, 5.74) is 3.02. The molecule has 0 aromatic heterocycles. The molecule has 0 atom stereocenters. The first kappa shape index (κ1) is 22.4. The van der Waals surface area contributed by atoms with Crippen LogP contribution in [0.15, 0.2) is 48.5 Å². The molecular weight excluding hydrogens is 372 g/mol. The van der Waals surface area contributed by atoms with E-state index in [9.17, 15) is 0 Å². The quantitative estimate of drug-likeness (QED) is 0.351. The number of hydrogen-bond donors (Lipinski definition) is 0. The molecule has 0 spiro atoms. The highest BCUT2D eigenvalue weighted by molar-refractivity contribution is 5.44. The van der Waals surface area contributed by atoms with E-state index in [0.29, 0.717) is 5.92 Å². The fourth-order valence-corrected chi connectivity index (χ4v) is 3.42. The first-order valence-electron chi connectivity index (χ1n) is 11.4. The monoisotopic (exact) mass is 406 g/mol. The Morgan fingerprint density at radius 1 is 0.800 bits per heavy atom. The van der Waals surface area contributed by atoms with Crippen molar-refractivity contribution in [2.75, 3.05) is 19.8 Å². The van der Waals surface area contributed by atoms with Crippen LogP contribution in [-0.4, -0.2) is 19.8 Å². The van der Waals surface area contributed by atoms with Crippen molar-refractivity contribution in [1.29, 1.82) is 0 Å². The van der Waals surface area contributed by atoms with Gasteiger partial charge >= 0.3 is 0 Å². The van der Waals surface area contributed by atoms with Crippen molar-refractivity contribution in [3.63, 3.8) is 0 Å². The van der Waals surface area contributed by atoms with E-state index >= 15 is 0 Å². The lowest BCUT2D eigenvalue weighted by Gasteiger charge is -2.29. The fraction of sp³-hybridized carbons (Fsp3) is 0.481. The van der Waals surface area contributed by atoms with Gasteiger partial charge in [0.05, 0.1) is 19.8 Å². The van der Waals surface area contributed by atoms with Gasteiger partial charge in [0.25, 0.3) is 0 Å². The molecule has 2 aromatic carbocycles. The van der Waals surface area contributed by atoms with Crippen molar-refractivity contribution >= 4 is 0 Å². The molecule has 1 aliphatic heterocycles. The van der Waals surface area contributed by atoms with Crippen LogP contribution in [0.4, 0.5) is 0 Å². The molecule has 1 aliphatic rings. The van der Waals surface area contributed by atoms with Gasteiger partial charge in [0.1, 0.15) is 5.75 Å². The molecule has 3 rings (SSSR count). The van der Waals surface area contributed by atoms with E-state index < -0.39 is 0 Å². The highest BCUT2D eigenvalue weighted by Gasteiger charge is 2.23. The predicted molar refractivity (Wildman–Crippen MR) is 122 cm³/mol. The molecule has 0 radical (unpaired) electrons. The van der Waals surface area contributed by atoms with Crippen molar-refractivity contribution in [2.24, 2.45) is 5.92 Å². The first-order chi connectivity index (χ1) is 14.8. The Morgan fingerprint density at radius 2 is 1.40 bits per heavy atom. The third-order valence-corrected chi connectivity index (χ3v) is 5.34. The van der Waals surface area contributed by atoms with Crippen LogP contribution < -0.4 is 4.74 Å². The second kappa shape index (κ2) is 12.4. The maximum absolute atomic E-state index is 5.95. The third-order valence-electron chi connectivity index (χ3n) is 5.34. The lowest BCUT2D eigenvalue weighted by molar-refractivity contribution is -0.206. The highest BCUT2D eigenvalue weighted by atomic mass is 16.7. The van der Waals surface area contributed by atoms with Gasteiger partial charge in [-0.2, -0.15) is 0 Å². The molecular formula is C27H34O3. The standard InChI is InChI=1S/C27H34O3/c1-3-5-7-8-24-20-29-27(30-21-24)25-15-11-22(12-16-25)9-10-23-13-17-26(18-14-23)28-19-6-4-2/h11-18,24,27H,3-8,19-21H2,1-2H3. The molecule has 1 fully saturated rings. The van der Waals surface area contributed by atoms with Crippen molar-refractivity contribution < 1.29 is 14.2 Å². The minimum Gasteiger partial charge on any atom is -0.494 e. The van der Waals surface area contributed by atoms with Crippen LogP contribution in [-0.2, 0) is 9.47 Å². The summed E-state index contributed by atoms with van der Waals surface area (Å²) in [5, 5.41) is 0. The van der Waals surface area contributed by atoms with Crippen LogP contribution >= 0.6 is 0 Å². The summed E-state index contributed by atoms with van der Waals surface area (Å²) in [6.07, 6.45) is 6.97. The summed E-state index contributed by atoms with van der Waals surface area (Å²) in [6.45, 7) is 6.73. The zero-order valence-corrected chi connectivity index (χ0v) is 18.4. The molecule has 2 aromatic rings. The van der Waals surface area contributed by atoms with Gasteiger partial charge in [-0.3, -0.25) is 0 Å². The molecule has 1 saturated heterocycles. The van der Waals surface area contributed by atoms with Gasteiger partial charge in [-0.05, 0) is 49.2 Å². The lowest BCUT2D eigenvalue weighted by Crippen LogP contribution is -2.27. The van der Waals surface area contributed by atoms with Crippen LogP contribution in [0.5, 0.6) is 5.75 Å². The summed E-state index contributed by atoms with van der Waals surface area (Å²) in [7, 11) is 0. The van der Waals surface area contributed by atoms with Gasteiger partial charge in [0.15, 0.2) is 6.29 Å². The SMILES string of the molecule is CCCCCC1COC(c2ccc(C#Cc3ccc(OCCCC)cc3)cc2)OC1. The molecule has 0 unspecified atom stereocenters. The molecule has 3 heteroatoms. The molecule has 30 heavy (non-hydrogen) atoms. The number of unbranched alkanes of at least 4 members (excludes halogenated alkanes) is 3. The average Bonchev–Trinajstić information content (AvgIpc) is 2.80. The Bertz CT molecular complexity index is 791. The predicted octanol–water partition coefficient (Wildman–Crippen LogP) is 6.51. The second-order valence-corrected chi connectivity index (χ2v) is 7.96. The normalized spacial score (nSPS) is 18.5. The Hall–Kier alpha value is -2.28. The number of ether oxygens (including phenoxy) is 3. The highest BCUT2D eigenvalue weighted by Crippen LogP contribution is 2.27. The molecule has 160 valence electrons. The fourth-order valence-electron chi connectivity index (χ4n) is 3.42. The Morgan fingerprint density at radius 3 is 2.00 bits per heavy atom. The Labute approximate surface area is 181 Å². The molecule has 0 N–H and O–H groups in total. The van der Waals surface area contributed by atoms with Gasteiger partial charge in [-0.1, -0.05) is 63.5 Å². The first-order valence-corrected chi connectivity index (χ1v) is 11.4. The van der Waals surface area contributed by atoms with Crippen molar-refractivity contribution in [3.05, 3.63) is 65.2 Å². The van der Waals surface area contributed by atoms with E-state index in [4.69, 9.17) is 14.2 Å². The minimum absolute atomic E-state index is 0.255. The summed E-state index contributed by atoms with van der Waals surface area (Å²) in [4.78, 5) is 0. The zero-order chi connectivity index (χ0) is 21.0. The Balaban J connectivity index is 1.48. The summed E-state index contributed by atoms with van der Waals surface area (Å²) >= 11 is 0. The molecule has 0 amide bonds. The van der Waals surface area contributed by atoms with Crippen molar-refractivity contribution in [3.8, 4) is 17.6 Å². The van der Waals surface area contributed by atoms with E-state index in [0.717, 1.165) is 55.1 Å². The molecule has 1 heterocycles.